The molecule has 2 heterocycles. The average molecular weight is 507 g/mol. The van der Waals surface area contributed by atoms with Crippen LogP contribution in [0.5, 0.6) is 5.75 Å². The van der Waals surface area contributed by atoms with Crippen molar-refractivity contribution in [2.75, 3.05) is 19.8 Å². The molecule has 1 atom stereocenters. The van der Waals surface area contributed by atoms with Crippen molar-refractivity contribution in [1.82, 2.24) is 9.88 Å². The van der Waals surface area contributed by atoms with E-state index in [0.717, 1.165) is 22.6 Å². The molecule has 1 aliphatic rings. The van der Waals surface area contributed by atoms with Gasteiger partial charge in [0.1, 0.15) is 17.1 Å². The zero-order valence-electron chi connectivity index (χ0n) is 22.1. The smallest absolute Gasteiger partial charge is 0.411 e. The van der Waals surface area contributed by atoms with Crippen LogP contribution in [0.1, 0.15) is 56.3 Å². The first-order valence-electron chi connectivity index (χ1n) is 12.6. The molecule has 0 N–H and O–H groups in total. The van der Waals surface area contributed by atoms with Crippen LogP contribution in [0.25, 0.3) is 11.5 Å². The highest BCUT2D eigenvalue weighted by molar-refractivity contribution is 5.84. The van der Waals surface area contributed by atoms with E-state index in [-0.39, 0.29) is 6.61 Å². The lowest BCUT2D eigenvalue weighted by atomic mass is 9.92. The molecule has 0 saturated heterocycles. The lowest BCUT2D eigenvalue weighted by Crippen LogP contribution is -2.46. The number of hydrogen-bond acceptors (Lipinski definition) is 7. The highest BCUT2D eigenvalue weighted by atomic mass is 16.6. The summed E-state index contributed by atoms with van der Waals surface area (Å²) in [6, 6.07) is 14.5. The minimum Gasteiger partial charge on any atom is -0.493 e. The molecular weight excluding hydrogens is 472 g/mol. The van der Waals surface area contributed by atoms with Crippen molar-refractivity contribution < 1.29 is 28.2 Å². The molecule has 1 aromatic heterocycles. The molecule has 37 heavy (non-hydrogen) atoms. The molecule has 1 unspecified atom stereocenters. The lowest BCUT2D eigenvalue weighted by molar-refractivity contribution is -0.150. The predicted octanol–water partition coefficient (Wildman–Crippen LogP) is 5.67. The van der Waals surface area contributed by atoms with E-state index in [4.69, 9.17) is 18.6 Å². The van der Waals surface area contributed by atoms with E-state index in [1.807, 2.05) is 55.5 Å². The number of nitrogens with zero attached hydrogens (tertiary/aromatic N) is 2. The van der Waals surface area contributed by atoms with Crippen molar-refractivity contribution in [2.24, 2.45) is 0 Å². The Bertz CT molecular complexity index is 1250. The molecule has 0 saturated carbocycles. The maximum Gasteiger partial charge on any atom is 0.411 e. The number of amides is 1. The SMILES string of the molecule is CCOC(=O)C1c2cc(OCCc3nc(-c4ccccc4)oc3C)ccc2CCN1C(=O)OC(C)(C)C. The first-order valence-corrected chi connectivity index (χ1v) is 12.6. The predicted molar refractivity (Wildman–Crippen MR) is 138 cm³/mol. The van der Waals surface area contributed by atoms with Gasteiger partial charge in [0, 0.05) is 18.5 Å². The summed E-state index contributed by atoms with van der Waals surface area (Å²) < 4.78 is 22.8. The summed E-state index contributed by atoms with van der Waals surface area (Å²) in [5, 5.41) is 0. The number of benzene rings is 2. The molecule has 1 amide bonds. The van der Waals surface area contributed by atoms with E-state index in [1.54, 1.807) is 27.7 Å². The molecular formula is C29H34N2O6. The second kappa shape index (κ2) is 11.1. The molecule has 0 spiro atoms. The number of carbonyl (C=O) groups excluding carboxylic acids is 2. The van der Waals surface area contributed by atoms with E-state index >= 15 is 0 Å². The molecule has 0 aliphatic carbocycles. The van der Waals surface area contributed by atoms with Crippen LogP contribution in [0, 0.1) is 6.92 Å². The number of aryl methyl sites for hydroxylation is 1. The van der Waals surface area contributed by atoms with Gasteiger partial charge >= 0.3 is 12.1 Å². The van der Waals surface area contributed by atoms with Gasteiger partial charge in [-0.1, -0.05) is 24.3 Å². The van der Waals surface area contributed by atoms with E-state index < -0.39 is 23.7 Å². The number of hydrogen-bond donors (Lipinski definition) is 0. The third kappa shape index (κ3) is 6.31. The molecule has 0 radical (unpaired) electrons. The zero-order valence-corrected chi connectivity index (χ0v) is 22.1. The van der Waals surface area contributed by atoms with Crippen LogP contribution < -0.4 is 4.74 Å². The Morgan fingerprint density at radius 3 is 2.59 bits per heavy atom. The van der Waals surface area contributed by atoms with Crippen LogP contribution in [0.15, 0.2) is 52.9 Å². The third-order valence-corrected chi connectivity index (χ3v) is 6.00. The molecule has 8 heteroatoms. The first kappa shape index (κ1) is 26.3. The first-order chi connectivity index (χ1) is 17.7. The summed E-state index contributed by atoms with van der Waals surface area (Å²) >= 11 is 0. The van der Waals surface area contributed by atoms with Crippen LogP contribution >= 0.6 is 0 Å². The fourth-order valence-electron chi connectivity index (χ4n) is 4.31. The van der Waals surface area contributed by atoms with Crippen LogP contribution in [-0.4, -0.2) is 47.3 Å². The van der Waals surface area contributed by atoms with Crippen LogP contribution in [0.2, 0.25) is 0 Å². The van der Waals surface area contributed by atoms with Gasteiger partial charge in [-0.25, -0.2) is 14.6 Å². The Kier molecular flexibility index (Phi) is 7.86. The van der Waals surface area contributed by atoms with Crippen molar-refractivity contribution in [2.45, 2.75) is 59.1 Å². The summed E-state index contributed by atoms with van der Waals surface area (Å²) in [5.74, 6) is 1.45. The van der Waals surface area contributed by atoms with Gasteiger partial charge in [-0.3, -0.25) is 4.90 Å². The lowest BCUT2D eigenvalue weighted by Gasteiger charge is -2.36. The Morgan fingerprint density at radius 2 is 1.89 bits per heavy atom. The van der Waals surface area contributed by atoms with Crippen molar-refractivity contribution >= 4 is 12.1 Å². The number of rotatable bonds is 7. The van der Waals surface area contributed by atoms with E-state index in [2.05, 4.69) is 4.98 Å². The van der Waals surface area contributed by atoms with Gasteiger partial charge in [0.2, 0.25) is 5.89 Å². The normalized spacial score (nSPS) is 15.2. The average Bonchev–Trinajstić information content (AvgIpc) is 3.23. The topological polar surface area (TPSA) is 91.1 Å². The molecule has 8 nitrogen and oxygen atoms in total. The monoisotopic (exact) mass is 506 g/mol. The van der Waals surface area contributed by atoms with Gasteiger partial charge in [-0.15, -0.1) is 0 Å². The Balaban J connectivity index is 1.50. The second-order valence-corrected chi connectivity index (χ2v) is 9.93. The fourth-order valence-corrected chi connectivity index (χ4v) is 4.31. The largest absolute Gasteiger partial charge is 0.493 e. The minimum absolute atomic E-state index is 0.213. The second-order valence-electron chi connectivity index (χ2n) is 9.93. The Labute approximate surface area is 217 Å². The fraction of sp³-hybridized carbons (Fsp3) is 0.414. The number of esters is 1. The summed E-state index contributed by atoms with van der Waals surface area (Å²) in [7, 11) is 0. The summed E-state index contributed by atoms with van der Waals surface area (Å²) in [6.07, 6.45) is 0.619. The van der Waals surface area contributed by atoms with Crippen molar-refractivity contribution in [3.05, 3.63) is 71.1 Å². The highest BCUT2D eigenvalue weighted by Crippen LogP contribution is 2.34. The van der Waals surface area contributed by atoms with Crippen molar-refractivity contribution in [1.29, 1.82) is 0 Å². The standard InChI is InChI=1S/C29H34N2O6/c1-6-34-27(32)25-23-18-22(13-12-20(23)14-16-31(25)28(33)37-29(3,4)5)35-17-15-24-19(2)36-26(30-24)21-10-8-7-9-11-21/h7-13,18,25H,6,14-17H2,1-5H3. The van der Waals surface area contributed by atoms with Crippen molar-refractivity contribution in [3.8, 4) is 17.2 Å². The molecule has 3 aromatic rings. The molecule has 1 aliphatic heterocycles. The summed E-state index contributed by atoms with van der Waals surface area (Å²) in [6.45, 7) is 9.98. The van der Waals surface area contributed by atoms with Crippen LogP contribution in [0.4, 0.5) is 4.79 Å². The van der Waals surface area contributed by atoms with E-state index in [1.165, 1.54) is 4.90 Å². The van der Waals surface area contributed by atoms with Gasteiger partial charge in [-0.2, -0.15) is 0 Å². The molecule has 196 valence electrons. The molecule has 0 bridgehead atoms. The molecule has 4 rings (SSSR count). The van der Waals surface area contributed by atoms with Crippen LogP contribution in [-0.2, 0) is 27.1 Å². The molecule has 2 aromatic carbocycles. The number of oxazole rings is 1. The highest BCUT2D eigenvalue weighted by Gasteiger charge is 2.39. The Morgan fingerprint density at radius 1 is 1.14 bits per heavy atom. The van der Waals surface area contributed by atoms with Crippen molar-refractivity contribution in [3.63, 3.8) is 0 Å². The van der Waals surface area contributed by atoms with E-state index in [0.29, 0.717) is 43.2 Å². The maximum absolute atomic E-state index is 13.0. The van der Waals surface area contributed by atoms with Crippen LogP contribution in [0.3, 0.4) is 0 Å². The minimum atomic E-state index is -0.895. The van der Waals surface area contributed by atoms with Gasteiger partial charge < -0.3 is 18.6 Å². The van der Waals surface area contributed by atoms with Gasteiger partial charge in [0.25, 0.3) is 0 Å². The number of aromatic nitrogens is 1. The molecule has 0 fully saturated rings. The number of ether oxygens (including phenoxy) is 3. The number of fused-ring (bicyclic) bond motifs is 1. The Hall–Kier alpha value is -3.81. The maximum atomic E-state index is 13.0. The summed E-state index contributed by atoms with van der Waals surface area (Å²) in [4.78, 5) is 32.0. The van der Waals surface area contributed by atoms with Gasteiger partial charge in [-0.05, 0) is 76.4 Å². The third-order valence-electron chi connectivity index (χ3n) is 6.00. The summed E-state index contributed by atoms with van der Waals surface area (Å²) in [5.41, 5.74) is 2.74. The van der Waals surface area contributed by atoms with Gasteiger partial charge in [0.15, 0.2) is 6.04 Å². The van der Waals surface area contributed by atoms with E-state index in [9.17, 15) is 9.59 Å². The number of carbonyl (C=O) groups is 2. The van der Waals surface area contributed by atoms with Gasteiger partial charge in [0.05, 0.1) is 18.9 Å². The zero-order chi connectivity index (χ0) is 26.6. The quantitative estimate of drug-likeness (QED) is 0.381.